The van der Waals surface area contributed by atoms with Crippen molar-refractivity contribution in [3.05, 3.63) is 29.8 Å². The van der Waals surface area contributed by atoms with Gasteiger partial charge in [0.05, 0.1) is 0 Å². The highest BCUT2D eigenvalue weighted by atomic mass is 16.2. The summed E-state index contributed by atoms with van der Waals surface area (Å²) in [5, 5.41) is 3.11. The fourth-order valence-corrected chi connectivity index (χ4v) is 4.82. The van der Waals surface area contributed by atoms with E-state index in [4.69, 9.17) is 0 Å². The van der Waals surface area contributed by atoms with Gasteiger partial charge in [0, 0.05) is 37.4 Å². The molecule has 3 aliphatic rings. The van der Waals surface area contributed by atoms with Gasteiger partial charge in [0.25, 0.3) is 0 Å². The molecule has 0 saturated carbocycles. The molecule has 1 aromatic carbocycles. The van der Waals surface area contributed by atoms with Gasteiger partial charge >= 0.3 is 6.03 Å². The van der Waals surface area contributed by atoms with E-state index in [-0.39, 0.29) is 6.03 Å². The maximum absolute atomic E-state index is 12.6. The molecule has 27 heavy (non-hydrogen) atoms. The first-order valence-electron chi connectivity index (χ1n) is 10.8. The van der Waals surface area contributed by atoms with E-state index in [0.717, 1.165) is 25.3 Å². The first-order valence-corrected chi connectivity index (χ1v) is 10.8. The number of nitrogens with zero attached hydrogens (tertiary/aromatic N) is 3. The van der Waals surface area contributed by atoms with E-state index in [2.05, 4.69) is 40.2 Å². The number of nitrogens with one attached hydrogen (secondary N) is 1. The summed E-state index contributed by atoms with van der Waals surface area (Å²) in [4.78, 5) is 19.7. The van der Waals surface area contributed by atoms with Crippen molar-refractivity contribution in [3.63, 3.8) is 0 Å². The van der Waals surface area contributed by atoms with Crippen LogP contribution >= 0.6 is 0 Å². The Morgan fingerprint density at radius 1 is 1.07 bits per heavy atom. The fourth-order valence-electron chi connectivity index (χ4n) is 4.82. The normalized spacial score (nSPS) is 25.2. The highest BCUT2D eigenvalue weighted by Gasteiger charge is 2.37. The fraction of sp³-hybridized carbons (Fsp3) is 0.682. The number of piperidine rings is 2. The topological polar surface area (TPSA) is 38.8 Å². The zero-order chi connectivity index (χ0) is 18.6. The largest absolute Gasteiger partial charge is 0.321 e. The molecule has 4 rings (SSSR count). The summed E-state index contributed by atoms with van der Waals surface area (Å²) < 4.78 is 0. The first-order chi connectivity index (χ1) is 13.2. The molecule has 1 unspecified atom stereocenters. The van der Waals surface area contributed by atoms with Gasteiger partial charge in [-0.15, -0.1) is 0 Å². The van der Waals surface area contributed by atoms with Gasteiger partial charge in [-0.25, -0.2) is 4.79 Å². The van der Waals surface area contributed by atoms with Crippen molar-refractivity contribution in [1.29, 1.82) is 0 Å². The van der Waals surface area contributed by atoms with Crippen LogP contribution < -0.4 is 5.32 Å². The molecular formula is C22H34N4O. The molecule has 1 aromatic rings. The lowest BCUT2D eigenvalue weighted by molar-refractivity contribution is 0.0199. The van der Waals surface area contributed by atoms with E-state index in [1.54, 1.807) is 0 Å². The molecule has 0 radical (unpaired) electrons. The van der Waals surface area contributed by atoms with Crippen molar-refractivity contribution < 1.29 is 4.79 Å². The number of carbonyl (C=O) groups excluding carboxylic acids is 1. The number of amides is 2. The molecule has 5 heteroatoms. The molecule has 2 amide bonds. The zero-order valence-corrected chi connectivity index (χ0v) is 16.7. The molecule has 0 spiro atoms. The van der Waals surface area contributed by atoms with Gasteiger partial charge in [-0.1, -0.05) is 25.0 Å². The van der Waals surface area contributed by atoms with Crippen LogP contribution in [-0.4, -0.2) is 65.5 Å². The molecule has 5 nitrogen and oxygen atoms in total. The number of anilines is 1. The second-order valence-corrected chi connectivity index (χ2v) is 8.61. The third kappa shape index (κ3) is 4.64. The minimum absolute atomic E-state index is 0.0473. The molecule has 0 bridgehead atoms. The summed E-state index contributed by atoms with van der Waals surface area (Å²) in [6, 6.07) is 9.63. The molecule has 3 heterocycles. The van der Waals surface area contributed by atoms with Crippen molar-refractivity contribution in [1.82, 2.24) is 14.7 Å². The van der Waals surface area contributed by atoms with Crippen LogP contribution in [0.2, 0.25) is 0 Å². The molecule has 1 atom stereocenters. The van der Waals surface area contributed by atoms with Gasteiger partial charge in [0.1, 0.15) is 0 Å². The molecule has 3 aliphatic heterocycles. The Kier molecular flexibility index (Phi) is 5.98. The Balaban J connectivity index is 1.27. The lowest BCUT2D eigenvalue weighted by Crippen LogP contribution is -2.64. The van der Waals surface area contributed by atoms with Gasteiger partial charge in [-0.05, 0) is 69.9 Å². The van der Waals surface area contributed by atoms with Crippen molar-refractivity contribution in [3.8, 4) is 0 Å². The van der Waals surface area contributed by atoms with Gasteiger partial charge in [-0.3, -0.25) is 9.80 Å². The Morgan fingerprint density at radius 2 is 1.85 bits per heavy atom. The summed E-state index contributed by atoms with van der Waals surface area (Å²) in [6.45, 7) is 8.63. The summed E-state index contributed by atoms with van der Waals surface area (Å²) in [6.07, 6.45) is 7.93. The molecule has 3 fully saturated rings. The van der Waals surface area contributed by atoms with E-state index in [0.29, 0.717) is 12.1 Å². The van der Waals surface area contributed by atoms with Crippen molar-refractivity contribution in [2.45, 2.75) is 64.1 Å². The average Bonchev–Trinajstić information content (AvgIpc) is 2.63. The van der Waals surface area contributed by atoms with Gasteiger partial charge in [-0.2, -0.15) is 0 Å². The van der Waals surface area contributed by atoms with E-state index < -0.39 is 0 Å². The Labute approximate surface area is 163 Å². The average molecular weight is 371 g/mol. The van der Waals surface area contributed by atoms with Crippen molar-refractivity contribution >= 4 is 11.7 Å². The standard InChI is InChI=1S/C22H34N4O/c1-18-8-3-6-13-26(18)21-16-25(17-21)22(27)23-20-10-7-9-19(14-20)15-24-11-4-2-5-12-24/h7,9-10,14,18,21H,2-6,8,11-13,15-17H2,1H3,(H,23,27). The van der Waals surface area contributed by atoms with Crippen LogP contribution in [0.4, 0.5) is 10.5 Å². The SMILES string of the molecule is CC1CCCCN1C1CN(C(=O)Nc2cccc(CN3CCCCC3)c2)C1. The smallest absolute Gasteiger partial charge is 0.321 e. The van der Waals surface area contributed by atoms with Crippen LogP contribution in [0.25, 0.3) is 0 Å². The quantitative estimate of drug-likeness (QED) is 0.877. The number of rotatable bonds is 4. The van der Waals surface area contributed by atoms with Crippen LogP contribution in [0.15, 0.2) is 24.3 Å². The molecule has 3 saturated heterocycles. The maximum Gasteiger partial charge on any atom is 0.321 e. The molecule has 0 aromatic heterocycles. The molecule has 0 aliphatic carbocycles. The predicted molar refractivity (Wildman–Crippen MR) is 110 cm³/mol. The summed E-state index contributed by atoms with van der Waals surface area (Å²) in [5.74, 6) is 0. The number of hydrogen-bond acceptors (Lipinski definition) is 3. The highest BCUT2D eigenvalue weighted by molar-refractivity contribution is 5.90. The first kappa shape index (κ1) is 18.8. The molecular weight excluding hydrogens is 336 g/mol. The van der Waals surface area contributed by atoms with Crippen LogP contribution in [0.3, 0.4) is 0 Å². The van der Waals surface area contributed by atoms with Crippen LogP contribution in [0.1, 0.15) is 51.0 Å². The van der Waals surface area contributed by atoms with Crippen molar-refractivity contribution in [2.75, 3.05) is 38.0 Å². The number of benzene rings is 1. The maximum atomic E-state index is 12.6. The predicted octanol–water partition coefficient (Wildman–Crippen LogP) is 3.76. The van der Waals surface area contributed by atoms with Gasteiger partial charge in [0.2, 0.25) is 0 Å². The molecule has 148 valence electrons. The highest BCUT2D eigenvalue weighted by Crippen LogP contribution is 2.25. The van der Waals surface area contributed by atoms with Crippen LogP contribution in [0.5, 0.6) is 0 Å². The number of carbonyl (C=O) groups is 1. The second kappa shape index (κ2) is 8.61. The Bertz CT molecular complexity index is 637. The second-order valence-electron chi connectivity index (χ2n) is 8.61. The van der Waals surface area contributed by atoms with Crippen LogP contribution in [0, 0.1) is 0 Å². The lowest BCUT2D eigenvalue weighted by Gasteiger charge is -2.49. The minimum Gasteiger partial charge on any atom is -0.321 e. The Hall–Kier alpha value is -1.59. The third-order valence-corrected chi connectivity index (χ3v) is 6.51. The van der Waals surface area contributed by atoms with Gasteiger partial charge < -0.3 is 10.2 Å². The third-order valence-electron chi connectivity index (χ3n) is 6.51. The minimum atomic E-state index is 0.0473. The zero-order valence-electron chi connectivity index (χ0n) is 16.7. The lowest BCUT2D eigenvalue weighted by atomic mass is 9.98. The molecule has 1 N–H and O–H groups in total. The van der Waals surface area contributed by atoms with E-state index in [1.807, 2.05) is 11.0 Å². The van der Waals surface area contributed by atoms with Gasteiger partial charge in [0.15, 0.2) is 0 Å². The van der Waals surface area contributed by atoms with E-state index in [9.17, 15) is 4.79 Å². The van der Waals surface area contributed by atoms with Crippen molar-refractivity contribution in [2.24, 2.45) is 0 Å². The summed E-state index contributed by atoms with van der Waals surface area (Å²) in [7, 11) is 0. The number of hydrogen-bond donors (Lipinski definition) is 1. The Morgan fingerprint density at radius 3 is 2.63 bits per heavy atom. The number of likely N-dealkylation sites (tertiary alicyclic amines) is 3. The monoisotopic (exact) mass is 370 g/mol. The summed E-state index contributed by atoms with van der Waals surface area (Å²) in [5.41, 5.74) is 2.21. The van der Waals surface area contributed by atoms with Crippen LogP contribution in [-0.2, 0) is 6.54 Å². The van der Waals surface area contributed by atoms with E-state index >= 15 is 0 Å². The van der Waals surface area contributed by atoms with E-state index in [1.165, 1.54) is 63.7 Å². The summed E-state index contributed by atoms with van der Waals surface area (Å²) >= 11 is 0. The number of urea groups is 1.